The van der Waals surface area contributed by atoms with Crippen molar-refractivity contribution in [2.45, 2.75) is 97.9 Å². The third-order valence-electron chi connectivity index (χ3n) is 9.38. The van der Waals surface area contributed by atoms with Crippen molar-refractivity contribution in [2.75, 3.05) is 19.8 Å². The van der Waals surface area contributed by atoms with Crippen LogP contribution in [-0.2, 0) is 4.74 Å². The van der Waals surface area contributed by atoms with Gasteiger partial charge in [-0.3, -0.25) is 25.7 Å². The summed E-state index contributed by atoms with van der Waals surface area (Å²) in [5, 5.41) is 32.5. The van der Waals surface area contributed by atoms with Gasteiger partial charge in [0.25, 0.3) is 0 Å². The highest BCUT2D eigenvalue weighted by atomic mass is 19.1. The third kappa shape index (κ3) is 10.3. The van der Waals surface area contributed by atoms with Crippen molar-refractivity contribution in [1.82, 2.24) is 20.1 Å². The van der Waals surface area contributed by atoms with Crippen molar-refractivity contribution >= 4 is 17.8 Å². The zero-order valence-electron chi connectivity index (χ0n) is 31.2. The van der Waals surface area contributed by atoms with Crippen LogP contribution in [0, 0.1) is 16.2 Å². The fourth-order valence-electron chi connectivity index (χ4n) is 6.42. The van der Waals surface area contributed by atoms with E-state index in [0.29, 0.717) is 24.3 Å². The standard InChI is InChI=1S/C39H55FN8O4/c1-7-30(40)33(51-22-21-49)19-20-44-36(23-34(41)39(4,5)6)46-38(50)45-31-16-17-32(29-14-9-8-13-28(29)31)52-27-15-18-35(42)47(24-27)37(43)48-25(2)11-10-12-26(48)3/h7-9,13-15,18-19,23-26,31-32,42-43,49H,10-12,16-17,20-22,41H2,1-6H3,(H2,44,45,46,50)/b30-7+,33-19+,34-23?,42-35?,43-37?/t25-,26+,31-,32+/m0/s1. The fourth-order valence-corrected chi connectivity index (χ4v) is 6.42. The number of amidine groups is 1. The number of amides is 2. The molecule has 52 heavy (non-hydrogen) atoms. The maximum Gasteiger partial charge on any atom is 0.320 e. The number of allylic oxidation sites excluding steroid dienone is 3. The number of aliphatic hydroxyl groups is 1. The van der Waals surface area contributed by atoms with E-state index in [-0.39, 0.29) is 67.0 Å². The Hall–Kier alpha value is -4.91. The van der Waals surface area contributed by atoms with Gasteiger partial charge in [-0.25, -0.2) is 9.18 Å². The van der Waals surface area contributed by atoms with Crippen LogP contribution in [-0.4, -0.2) is 64.2 Å². The molecule has 4 atom stereocenters. The Labute approximate surface area is 306 Å². The van der Waals surface area contributed by atoms with E-state index in [9.17, 15) is 9.18 Å². The predicted octanol–water partition coefficient (Wildman–Crippen LogP) is 6.32. The Balaban J connectivity index is 1.51. The molecule has 4 rings (SSSR count). The molecule has 7 N–H and O–H groups in total. The molecular formula is C39H55FN8O4. The monoisotopic (exact) mass is 718 g/mol. The average Bonchev–Trinajstić information content (AvgIpc) is 3.10. The number of halogens is 1. The first-order valence-electron chi connectivity index (χ1n) is 18.0. The van der Waals surface area contributed by atoms with Crippen molar-refractivity contribution in [3.8, 4) is 5.75 Å². The van der Waals surface area contributed by atoms with Crippen LogP contribution in [0.2, 0.25) is 0 Å². The summed E-state index contributed by atoms with van der Waals surface area (Å²) in [5.74, 6) is 0.376. The number of likely N-dealkylation sites (tertiary alicyclic amines) is 1. The molecule has 1 saturated heterocycles. The molecule has 2 aromatic rings. The normalized spacial score (nSPS) is 21.7. The Bertz CT molecular complexity index is 1750. The number of pyridine rings is 1. The maximum atomic E-state index is 14.3. The van der Waals surface area contributed by atoms with Gasteiger partial charge in [-0.1, -0.05) is 45.0 Å². The molecule has 2 aliphatic rings. The van der Waals surface area contributed by atoms with E-state index < -0.39 is 17.3 Å². The van der Waals surface area contributed by atoms with E-state index in [1.807, 2.05) is 45.0 Å². The van der Waals surface area contributed by atoms with Gasteiger partial charge in [-0.2, -0.15) is 0 Å². The number of nitrogens with two attached hydrogens (primary N) is 1. The van der Waals surface area contributed by atoms with E-state index in [1.165, 1.54) is 19.1 Å². The lowest BCUT2D eigenvalue weighted by atomic mass is 9.85. The van der Waals surface area contributed by atoms with Gasteiger partial charge in [0, 0.05) is 23.2 Å². The van der Waals surface area contributed by atoms with Gasteiger partial charge in [0.1, 0.15) is 29.8 Å². The Morgan fingerprint density at radius 3 is 2.46 bits per heavy atom. The second kappa shape index (κ2) is 18.0. The molecule has 1 aliphatic heterocycles. The number of rotatable bonds is 10. The van der Waals surface area contributed by atoms with Gasteiger partial charge >= 0.3 is 6.03 Å². The molecule has 12 nitrogen and oxygen atoms in total. The molecule has 0 spiro atoms. The highest BCUT2D eigenvalue weighted by Crippen LogP contribution is 2.38. The zero-order valence-corrected chi connectivity index (χ0v) is 31.2. The molecule has 13 heteroatoms. The van der Waals surface area contributed by atoms with Gasteiger partial charge < -0.3 is 30.5 Å². The largest absolute Gasteiger partial charge is 0.488 e. The molecule has 1 aliphatic carbocycles. The predicted molar refractivity (Wildman–Crippen MR) is 201 cm³/mol. The minimum Gasteiger partial charge on any atom is -0.488 e. The SMILES string of the molecule is C/C=C(F)\C(=C/CN=C(C=C(N)C(C)(C)C)NC(=O)N[C@H]1CC[C@@H](Oc2ccc(=N)n(C(=N)N3[C@H](C)CCC[C@@H]3C)c2)c2ccccc21)OCCO. The summed E-state index contributed by atoms with van der Waals surface area (Å²) in [7, 11) is 0. The van der Waals surface area contributed by atoms with Crippen LogP contribution in [0.5, 0.6) is 5.75 Å². The van der Waals surface area contributed by atoms with Crippen LogP contribution in [0.15, 0.2) is 83.1 Å². The summed E-state index contributed by atoms with van der Waals surface area (Å²) in [5.41, 5.74) is 8.49. The summed E-state index contributed by atoms with van der Waals surface area (Å²) >= 11 is 0. The molecule has 1 fully saturated rings. The second-order valence-electron chi connectivity index (χ2n) is 14.3. The van der Waals surface area contributed by atoms with Crippen molar-refractivity contribution in [1.29, 1.82) is 10.8 Å². The molecule has 282 valence electrons. The molecule has 0 radical (unpaired) electrons. The first-order chi connectivity index (χ1) is 24.7. The summed E-state index contributed by atoms with van der Waals surface area (Å²) in [6.45, 7) is 11.2. The van der Waals surface area contributed by atoms with Crippen LogP contribution in [0.4, 0.5) is 9.18 Å². The summed E-state index contributed by atoms with van der Waals surface area (Å²) in [4.78, 5) is 20.0. The summed E-state index contributed by atoms with van der Waals surface area (Å²) in [6.07, 6.45) is 10.0. The minimum absolute atomic E-state index is 0.0202. The van der Waals surface area contributed by atoms with Gasteiger partial charge in [-0.05, 0) is 94.4 Å². The number of nitrogens with zero attached hydrogens (tertiary/aromatic N) is 3. The Morgan fingerprint density at radius 2 is 1.81 bits per heavy atom. The van der Waals surface area contributed by atoms with Crippen molar-refractivity contribution in [3.63, 3.8) is 0 Å². The number of hydrogen-bond donors (Lipinski definition) is 6. The van der Waals surface area contributed by atoms with E-state index in [2.05, 4.69) is 34.4 Å². The van der Waals surface area contributed by atoms with Crippen LogP contribution in [0.3, 0.4) is 0 Å². The minimum atomic E-state index is -0.590. The van der Waals surface area contributed by atoms with Crippen LogP contribution in [0.25, 0.3) is 0 Å². The van der Waals surface area contributed by atoms with E-state index in [0.717, 1.165) is 30.4 Å². The van der Waals surface area contributed by atoms with Crippen molar-refractivity contribution < 1.29 is 23.8 Å². The van der Waals surface area contributed by atoms with Gasteiger partial charge in [0.05, 0.1) is 25.4 Å². The number of nitrogens with one attached hydrogen (secondary N) is 4. The zero-order chi connectivity index (χ0) is 38.0. The van der Waals surface area contributed by atoms with Crippen molar-refractivity contribution in [3.05, 3.63) is 94.7 Å². The molecule has 1 aromatic carbocycles. The summed E-state index contributed by atoms with van der Waals surface area (Å²) in [6, 6.07) is 10.9. The highest BCUT2D eigenvalue weighted by molar-refractivity contribution is 6.04. The maximum absolute atomic E-state index is 14.3. The number of carbonyl (C=O) groups excluding carboxylic acids is 1. The average molecular weight is 719 g/mol. The van der Waals surface area contributed by atoms with Crippen LogP contribution >= 0.6 is 0 Å². The second-order valence-corrected chi connectivity index (χ2v) is 14.3. The Kier molecular flexibility index (Phi) is 13.8. The number of aliphatic imine (C=N–C) groups is 1. The van der Waals surface area contributed by atoms with Crippen molar-refractivity contribution in [2.24, 2.45) is 16.1 Å². The number of fused-ring (bicyclic) bond motifs is 1. The molecule has 0 unspecified atom stereocenters. The number of benzene rings is 1. The number of piperidine rings is 1. The first-order valence-corrected chi connectivity index (χ1v) is 18.0. The number of hydrogen-bond acceptors (Lipinski definition) is 8. The third-order valence-corrected chi connectivity index (χ3v) is 9.38. The number of ether oxygens (including phenoxy) is 2. The quantitative estimate of drug-likeness (QED) is 0.0726. The number of urea groups is 1. The van der Waals surface area contributed by atoms with E-state index in [1.54, 1.807) is 29.0 Å². The lowest BCUT2D eigenvalue weighted by Gasteiger charge is -2.41. The first kappa shape index (κ1) is 39.9. The van der Waals surface area contributed by atoms with E-state index in [4.69, 9.17) is 31.1 Å². The number of aromatic nitrogens is 1. The van der Waals surface area contributed by atoms with E-state index >= 15 is 0 Å². The number of carbonyl (C=O) groups is 1. The lowest BCUT2D eigenvalue weighted by molar-refractivity contribution is 0.143. The molecule has 2 heterocycles. The molecule has 0 bridgehead atoms. The van der Waals surface area contributed by atoms with Crippen LogP contribution < -0.4 is 26.6 Å². The Morgan fingerprint density at radius 1 is 1.12 bits per heavy atom. The van der Waals surface area contributed by atoms with Gasteiger partial charge in [0.15, 0.2) is 11.6 Å². The smallest absolute Gasteiger partial charge is 0.320 e. The fraction of sp³-hybridized carbons (Fsp3) is 0.487. The van der Waals surface area contributed by atoms with Gasteiger partial charge in [0.2, 0.25) is 5.96 Å². The number of aliphatic hydroxyl groups excluding tert-OH is 1. The molecule has 0 saturated carbocycles. The lowest BCUT2D eigenvalue weighted by Crippen LogP contribution is -2.51. The van der Waals surface area contributed by atoms with Crippen LogP contribution in [0.1, 0.15) is 96.9 Å². The molecule has 1 aromatic heterocycles. The molecular weight excluding hydrogens is 663 g/mol. The summed E-state index contributed by atoms with van der Waals surface area (Å²) < 4.78 is 27.7. The molecule has 2 amide bonds. The highest BCUT2D eigenvalue weighted by Gasteiger charge is 2.31. The topological polar surface area (TPSA) is 174 Å². The van der Waals surface area contributed by atoms with Gasteiger partial charge in [-0.15, -0.1) is 0 Å².